The zero-order valence-electron chi connectivity index (χ0n) is 16.7. The molecule has 3 amide bonds. The second-order valence-electron chi connectivity index (χ2n) is 7.95. The van der Waals surface area contributed by atoms with Crippen molar-refractivity contribution in [3.05, 3.63) is 59.2 Å². The van der Waals surface area contributed by atoms with Crippen molar-refractivity contribution in [2.24, 2.45) is 11.8 Å². The van der Waals surface area contributed by atoms with E-state index in [9.17, 15) is 14.4 Å². The first kappa shape index (κ1) is 21.2. The summed E-state index contributed by atoms with van der Waals surface area (Å²) >= 11 is 7.22. The molecule has 5 nitrogen and oxygen atoms in total. The van der Waals surface area contributed by atoms with E-state index in [1.807, 2.05) is 32.0 Å². The van der Waals surface area contributed by atoms with E-state index >= 15 is 0 Å². The number of aryl methyl sites for hydroxylation is 1. The zero-order valence-corrected chi connectivity index (χ0v) is 19.9. The Labute approximate surface area is 192 Å². The molecule has 4 atom stereocenters. The first-order chi connectivity index (χ1) is 14.3. The second-order valence-corrected chi connectivity index (χ2v) is 10.3. The van der Waals surface area contributed by atoms with Gasteiger partial charge in [0.25, 0.3) is 5.91 Å². The standard InChI is InChI=1S/C23H22Br2N2O3/c1-12-6-5-8-19(13(12)2)26-21(28)14-7-3-4-9-20(14)27-22(29)15-10-17(24)18(25)11-16(15)23(27)30/h3-9,15-18H,10-11H2,1-2H3,(H,26,28)/t15-,16+,17-,18-/m0/s1. The Hall–Kier alpha value is -1.99. The Morgan fingerprint density at radius 1 is 0.933 bits per heavy atom. The van der Waals surface area contributed by atoms with Gasteiger partial charge >= 0.3 is 0 Å². The summed E-state index contributed by atoms with van der Waals surface area (Å²) in [7, 11) is 0. The lowest BCUT2D eigenvalue weighted by molar-refractivity contribution is -0.122. The average molecular weight is 534 g/mol. The lowest BCUT2D eigenvalue weighted by atomic mass is 9.81. The Kier molecular flexibility index (Phi) is 5.86. The third-order valence-electron chi connectivity index (χ3n) is 6.15. The van der Waals surface area contributed by atoms with Crippen molar-refractivity contribution in [2.45, 2.75) is 36.3 Å². The smallest absolute Gasteiger partial charge is 0.257 e. The molecule has 1 aliphatic carbocycles. The van der Waals surface area contributed by atoms with Gasteiger partial charge in [-0.25, -0.2) is 4.90 Å². The molecule has 0 spiro atoms. The molecule has 4 rings (SSSR count). The van der Waals surface area contributed by atoms with Crippen LogP contribution in [-0.4, -0.2) is 27.4 Å². The molecule has 2 fully saturated rings. The summed E-state index contributed by atoms with van der Waals surface area (Å²) in [6.07, 6.45) is 1.19. The van der Waals surface area contributed by atoms with Crippen LogP contribution in [0.25, 0.3) is 0 Å². The van der Waals surface area contributed by atoms with Crippen LogP contribution in [0.2, 0.25) is 0 Å². The number of alkyl halides is 2. The minimum atomic E-state index is -0.356. The van der Waals surface area contributed by atoms with Crippen LogP contribution < -0.4 is 10.2 Å². The molecule has 1 heterocycles. The van der Waals surface area contributed by atoms with Gasteiger partial charge in [-0.15, -0.1) is 0 Å². The number of benzene rings is 2. The predicted molar refractivity (Wildman–Crippen MR) is 124 cm³/mol. The van der Waals surface area contributed by atoms with Crippen LogP contribution in [-0.2, 0) is 9.59 Å². The molecule has 1 aliphatic heterocycles. The quantitative estimate of drug-likeness (QED) is 0.447. The normalized spacial score (nSPS) is 25.9. The molecule has 2 aromatic rings. The van der Waals surface area contributed by atoms with Crippen molar-refractivity contribution in [3.63, 3.8) is 0 Å². The molecule has 0 unspecified atom stereocenters. The highest BCUT2D eigenvalue weighted by Crippen LogP contribution is 2.45. The topological polar surface area (TPSA) is 66.5 Å². The first-order valence-electron chi connectivity index (χ1n) is 9.92. The van der Waals surface area contributed by atoms with Gasteiger partial charge in [0.2, 0.25) is 11.8 Å². The number of carbonyl (C=O) groups is 3. The minimum Gasteiger partial charge on any atom is -0.322 e. The van der Waals surface area contributed by atoms with E-state index in [0.717, 1.165) is 11.1 Å². The number of hydrogen-bond donors (Lipinski definition) is 1. The van der Waals surface area contributed by atoms with Crippen LogP contribution in [0.5, 0.6) is 0 Å². The molecule has 7 heteroatoms. The minimum absolute atomic E-state index is 0.137. The summed E-state index contributed by atoms with van der Waals surface area (Å²) in [5.41, 5.74) is 3.43. The number of anilines is 2. The van der Waals surface area contributed by atoms with Crippen LogP contribution in [0.1, 0.15) is 34.3 Å². The molecular weight excluding hydrogens is 512 g/mol. The van der Waals surface area contributed by atoms with Crippen molar-refractivity contribution in [3.8, 4) is 0 Å². The van der Waals surface area contributed by atoms with Gasteiger partial charge in [0.05, 0.1) is 23.1 Å². The van der Waals surface area contributed by atoms with Gasteiger partial charge in [0.1, 0.15) is 0 Å². The predicted octanol–water partition coefficient (Wildman–Crippen LogP) is 4.98. The number of para-hydroxylation sites is 1. The number of carbonyl (C=O) groups excluding carboxylic acids is 3. The fourth-order valence-electron chi connectivity index (χ4n) is 4.27. The molecule has 1 N–H and O–H groups in total. The summed E-state index contributed by atoms with van der Waals surface area (Å²) in [6.45, 7) is 3.93. The van der Waals surface area contributed by atoms with Crippen molar-refractivity contribution in [1.82, 2.24) is 0 Å². The molecule has 156 valence electrons. The largest absolute Gasteiger partial charge is 0.322 e. The summed E-state index contributed by atoms with van der Waals surface area (Å²) in [5, 5.41) is 2.93. The fraction of sp³-hybridized carbons (Fsp3) is 0.348. The van der Waals surface area contributed by atoms with Gasteiger partial charge in [-0.05, 0) is 56.0 Å². The average Bonchev–Trinajstić information content (AvgIpc) is 2.95. The Morgan fingerprint density at radius 2 is 1.53 bits per heavy atom. The fourth-order valence-corrected chi connectivity index (χ4v) is 5.51. The van der Waals surface area contributed by atoms with E-state index in [-0.39, 0.29) is 39.2 Å². The highest BCUT2D eigenvalue weighted by atomic mass is 79.9. The van der Waals surface area contributed by atoms with Crippen LogP contribution >= 0.6 is 31.9 Å². The molecular formula is C23H22Br2N2O3. The van der Waals surface area contributed by atoms with Gasteiger partial charge in [0, 0.05) is 15.3 Å². The maximum absolute atomic E-state index is 13.2. The van der Waals surface area contributed by atoms with E-state index in [1.54, 1.807) is 24.3 Å². The third kappa shape index (κ3) is 3.62. The van der Waals surface area contributed by atoms with Gasteiger partial charge < -0.3 is 5.32 Å². The summed E-state index contributed by atoms with van der Waals surface area (Å²) in [5.74, 6) is -1.50. The number of nitrogens with one attached hydrogen (secondary N) is 1. The number of fused-ring (bicyclic) bond motifs is 1. The van der Waals surface area contributed by atoms with Gasteiger partial charge in [-0.2, -0.15) is 0 Å². The number of hydrogen-bond acceptors (Lipinski definition) is 3. The van der Waals surface area contributed by atoms with Gasteiger partial charge in [-0.1, -0.05) is 56.1 Å². The summed E-state index contributed by atoms with van der Waals surface area (Å²) < 4.78 is 0. The number of amides is 3. The van der Waals surface area contributed by atoms with Crippen molar-refractivity contribution >= 4 is 61.0 Å². The molecule has 1 saturated carbocycles. The molecule has 0 bridgehead atoms. The Morgan fingerprint density at radius 3 is 2.17 bits per heavy atom. The SMILES string of the molecule is Cc1cccc(NC(=O)c2ccccc2N2C(=O)[C@H]3C[C@H](Br)[C@@H](Br)C[C@H]3C2=O)c1C. The molecule has 1 saturated heterocycles. The maximum Gasteiger partial charge on any atom is 0.257 e. The van der Waals surface area contributed by atoms with Crippen molar-refractivity contribution in [2.75, 3.05) is 10.2 Å². The van der Waals surface area contributed by atoms with E-state index in [4.69, 9.17) is 0 Å². The van der Waals surface area contributed by atoms with Crippen LogP contribution in [0.3, 0.4) is 0 Å². The monoisotopic (exact) mass is 532 g/mol. The molecule has 0 radical (unpaired) electrons. The van der Waals surface area contributed by atoms with Crippen molar-refractivity contribution < 1.29 is 14.4 Å². The number of halogens is 2. The van der Waals surface area contributed by atoms with E-state index < -0.39 is 0 Å². The lowest BCUT2D eigenvalue weighted by Crippen LogP contribution is -2.34. The Bertz CT molecular complexity index is 1010. The van der Waals surface area contributed by atoms with Crippen LogP contribution in [0, 0.1) is 25.7 Å². The summed E-state index contributed by atoms with van der Waals surface area (Å²) in [6, 6.07) is 12.5. The first-order valence-corrected chi connectivity index (χ1v) is 11.7. The van der Waals surface area contributed by atoms with E-state index in [2.05, 4.69) is 37.2 Å². The van der Waals surface area contributed by atoms with Crippen LogP contribution in [0.4, 0.5) is 11.4 Å². The highest BCUT2D eigenvalue weighted by Gasteiger charge is 2.52. The van der Waals surface area contributed by atoms with E-state index in [1.165, 1.54) is 4.90 Å². The second kappa shape index (κ2) is 8.27. The molecule has 0 aromatic heterocycles. The summed E-state index contributed by atoms with van der Waals surface area (Å²) in [4.78, 5) is 41.0. The molecule has 2 aromatic carbocycles. The Balaban J connectivity index is 1.67. The van der Waals surface area contributed by atoms with Gasteiger partial charge in [0.15, 0.2) is 0 Å². The molecule has 2 aliphatic rings. The number of imide groups is 1. The lowest BCUT2D eigenvalue weighted by Gasteiger charge is -2.29. The third-order valence-corrected chi connectivity index (χ3v) is 8.89. The van der Waals surface area contributed by atoms with Crippen LogP contribution in [0.15, 0.2) is 42.5 Å². The number of rotatable bonds is 3. The van der Waals surface area contributed by atoms with Crippen molar-refractivity contribution in [1.29, 1.82) is 0 Å². The maximum atomic E-state index is 13.2. The van der Waals surface area contributed by atoms with E-state index in [0.29, 0.717) is 29.8 Å². The molecule has 30 heavy (non-hydrogen) atoms. The zero-order chi connectivity index (χ0) is 21.6. The highest BCUT2D eigenvalue weighted by molar-refractivity contribution is 9.12. The van der Waals surface area contributed by atoms with Gasteiger partial charge in [-0.3, -0.25) is 14.4 Å². The number of nitrogens with zero attached hydrogens (tertiary/aromatic N) is 1.